The molecule has 0 spiro atoms. The summed E-state index contributed by atoms with van der Waals surface area (Å²) in [6.07, 6.45) is 0. The van der Waals surface area contributed by atoms with Crippen LogP contribution in [0.5, 0.6) is 0 Å². The van der Waals surface area contributed by atoms with E-state index in [9.17, 15) is 13.5 Å². The van der Waals surface area contributed by atoms with Crippen molar-refractivity contribution in [1.29, 1.82) is 0 Å². The van der Waals surface area contributed by atoms with Gasteiger partial charge in [0.15, 0.2) is 0 Å². The van der Waals surface area contributed by atoms with E-state index < -0.39 is 10.0 Å². The molecule has 0 bridgehead atoms. The quantitative estimate of drug-likeness (QED) is 0.621. The van der Waals surface area contributed by atoms with Gasteiger partial charge in [-0.25, -0.2) is 13.6 Å². The lowest BCUT2D eigenvalue weighted by molar-refractivity contribution is 0.0728. The van der Waals surface area contributed by atoms with Gasteiger partial charge in [0.2, 0.25) is 10.0 Å². The van der Waals surface area contributed by atoms with Gasteiger partial charge in [-0.2, -0.15) is 0 Å². The molecule has 8 heteroatoms. The van der Waals surface area contributed by atoms with E-state index in [-0.39, 0.29) is 17.5 Å². The van der Waals surface area contributed by atoms with E-state index in [0.717, 1.165) is 0 Å². The van der Waals surface area contributed by atoms with Gasteiger partial charge in [-0.3, -0.25) is 0 Å². The number of nitrogens with two attached hydrogens (primary N) is 2. The number of aliphatic hydroxyl groups excluding tert-OH is 1. The zero-order valence-electron chi connectivity index (χ0n) is 10.3. The molecule has 1 aromatic carbocycles. The molecule has 19 heavy (non-hydrogen) atoms. The van der Waals surface area contributed by atoms with Gasteiger partial charge in [0.05, 0.1) is 42.1 Å². The largest absolute Gasteiger partial charge is 0.397 e. The van der Waals surface area contributed by atoms with Crippen molar-refractivity contribution in [3.8, 4) is 0 Å². The Hall–Kier alpha value is -1.35. The van der Waals surface area contributed by atoms with E-state index in [1.807, 2.05) is 4.90 Å². The Kier molecular flexibility index (Phi) is 3.95. The second-order valence-electron chi connectivity index (χ2n) is 4.37. The predicted octanol–water partition coefficient (Wildman–Crippen LogP) is -0.886. The molecule has 1 fully saturated rings. The molecule has 5 N–H and O–H groups in total. The van der Waals surface area contributed by atoms with Crippen molar-refractivity contribution in [3.63, 3.8) is 0 Å². The average Bonchev–Trinajstić information content (AvgIpc) is 2.37. The molecule has 7 nitrogen and oxygen atoms in total. The van der Waals surface area contributed by atoms with E-state index in [1.54, 1.807) is 6.07 Å². The van der Waals surface area contributed by atoms with Crippen LogP contribution >= 0.6 is 0 Å². The topological polar surface area (TPSA) is 119 Å². The molecule has 1 saturated heterocycles. The number of rotatable bonds is 3. The number of morpholine rings is 1. The molecule has 0 amide bonds. The molecule has 1 unspecified atom stereocenters. The van der Waals surface area contributed by atoms with Gasteiger partial charge in [-0.1, -0.05) is 0 Å². The van der Waals surface area contributed by atoms with Crippen LogP contribution in [-0.2, 0) is 14.8 Å². The maximum Gasteiger partial charge on any atom is 0.238 e. The van der Waals surface area contributed by atoms with Crippen molar-refractivity contribution >= 4 is 21.4 Å². The minimum absolute atomic E-state index is 0.0254. The second-order valence-corrected chi connectivity index (χ2v) is 5.93. The number of sulfonamides is 1. The number of hydrogen-bond acceptors (Lipinski definition) is 6. The number of hydrogen-bond donors (Lipinski definition) is 3. The molecule has 1 aliphatic rings. The highest BCUT2D eigenvalue weighted by atomic mass is 32.2. The van der Waals surface area contributed by atoms with Crippen molar-refractivity contribution in [1.82, 2.24) is 0 Å². The van der Waals surface area contributed by atoms with E-state index in [2.05, 4.69) is 0 Å². The Morgan fingerprint density at radius 3 is 2.79 bits per heavy atom. The van der Waals surface area contributed by atoms with Crippen LogP contribution in [0, 0.1) is 0 Å². The molecular weight excluding hydrogens is 270 g/mol. The minimum atomic E-state index is -3.76. The van der Waals surface area contributed by atoms with Crippen LogP contribution in [0.2, 0.25) is 0 Å². The summed E-state index contributed by atoms with van der Waals surface area (Å²) >= 11 is 0. The highest BCUT2D eigenvalue weighted by Crippen LogP contribution is 2.28. The van der Waals surface area contributed by atoms with Crippen LogP contribution in [0.3, 0.4) is 0 Å². The first-order valence-corrected chi connectivity index (χ1v) is 7.35. The molecule has 1 aliphatic heterocycles. The lowest BCUT2D eigenvalue weighted by Gasteiger charge is -2.37. The molecule has 0 saturated carbocycles. The number of benzene rings is 1. The molecule has 1 aromatic rings. The molecule has 1 heterocycles. The van der Waals surface area contributed by atoms with Gasteiger partial charge in [-0.05, 0) is 18.2 Å². The lowest BCUT2D eigenvalue weighted by Crippen LogP contribution is -2.47. The first-order chi connectivity index (χ1) is 8.93. The Morgan fingerprint density at radius 1 is 1.47 bits per heavy atom. The first kappa shape index (κ1) is 14.1. The maximum atomic E-state index is 11.2. The number of ether oxygens (including phenoxy) is 1. The van der Waals surface area contributed by atoms with Crippen molar-refractivity contribution in [2.45, 2.75) is 10.9 Å². The fourth-order valence-corrected chi connectivity index (χ4v) is 2.64. The van der Waals surface area contributed by atoms with Crippen LogP contribution in [0.25, 0.3) is 0 Å². The Balaban J connectivity index is 2.35. The molecule has 106 valence electrons. The predicted molar refractivity (Wildman–Crippen MR) is 71.3 cm³/mol. The molecule has 1 atom stereocenters. The Morgan fingerprint density at radius 2 is 2.21 bits per heavy atom. The summed E-state index contributed by atoms with van der Waals surface area (Å²) in [6, 6.07) is 4.15. The highest BCUT2D eigenvalue weighted by Gasteiger charge is 2.24. The summed E-state index contributed by atoms with van der Waals surface area (Å²) in [7, 11) is -3.76. The van der Waals surface area contributed by atoms with Crippen LogP contribution in [-0.4, -0.2) is 45.9 Å². The summed E-state index contributed by atoms with van der Waals surface area (Å²) in [4.78, 5) is 1.88. The number of nitrogen functional groups attached to an aromatic ring is 1. The first-order valence-electron chi connectivity index (χ1n) is 5.81. The van der Waals surface area contributed by atoms with E-state index in [4.69, 9.17) is 15.6 Å². The number of primary sulfonamides is 1. The van der Waals surface area contributed by atoms with Crippen LogP contribution in [0.4, 0.5) is 11.4 Å². The van der Waals surface area contributed by atoms with Crippen LogP contribution in [0.1, 0.15) is 0 Å². The average molecular weight is 287 g/mol. The van der Waals surface area contributed by atoms with E-state index in [0.29, 0.717) is 31.1 Å². The third-order valence-electron chi connectivity index (χ3n) is 3.08. The SMILES string of the molecule is Nc1cc(S(N)(=O)=O)ccc1N1CCOCC1CO. The standard InChI is InChI=1S/C11H17N3O4S/c12-10-5-9(19(13,16)17)1-2-11(10)14-3-4-18-7-8(14)6-15/h1-2,5,8,15H,3-4,6-7,12H2,(H2,13,16,17). The number of aliphatic hydroxyl groups is 1. The maximum absolute atomic E-state index is 11.2. The molecule has 2 rings (SSSR count). The van der Waals surface area contributed by atoms with Gasteiger partial charge >= 0.3 is 0 Å². The summed E-state index contributed by atoms with van der Waals surface area (Å²) < 4.78 is 27.8. The summed E-state index contributed by atoms with van der Waals surface area (Å²) in [5, 5.41) is 14.4. The third-order valence-corrected chi connectivity index (χ3v) is 3.99. The van der Waals surface area contributed by atoms with Gasteiger partial charge in [0, 0.05) is 6.54 Å². The number of anilines is 2. The summed E-state index contributed by atoms with van der Waals surface area (Å²) in [5.41, 5.74) is 6.87. The van der Waals surface area contributed by atoms with Crippen molar-refractivity contribution in [2.75, 3.05) is 37.0 Å². The van der Waals surface area contributed by atoms with Crippen molar-refractivity contribution in [2.24, 2.45) is 5.14 Å². The van der Waals surface area contributed by atoms with Crippen LogP contribution < -0.4 is 15.8 Å². The van der Waals surface area contributed by atoms with E-state index in [1.165, 1.54) is 12.1 Å². The fourth-order valence-electron chi connectivity index (χ4n) is 2.09. The smallest absolute Gasteiger partial charge is 0.238 e. The zero-order chi connectivity index (χ0) is 14.0. The summed E-state index contributed by atoms with van der Waals surface area (Å²) in [6.45, 7) is 1.47. The zero-order valence-corrected chi connectivity index (χ0v) is 11.1. The molecule has 0 radical (unpaired) electrons. The monoisotopic (exact) mass is 287 g/mol. The highest BCUT2D eigenvalue weighted by molar-refractivity contribution is 7.89. The van der Waals surface area contributed by atoms with Gasteiger partial charge in [-0.15, -0.1) is 0 Å². The van der Waals surface area contributed by atoms with Gasteiger partial charge in [0.1, 0.15) is 0 Å². The van der Waals surface area contributed by atoms with Crippen molar-refractivity contribution < 1.29 is 18.3 Å². The fraction of sp³-hybridized carbons (Fsp3) is 0.455. The minimum Gasteiger partial charge on any atom is -0.397 e. The van der Waals surface area contributed by atoms with E-state index >= 15 is 0 Å². The molecular formula is C11H17N3O4S. The lowest BCUT2D eigenvalue weighted by atomic mass is 10.1. The summed E-state index contributed by atoms with van der Waals surface area (Å²) in [5.74, 6) is 0. The van der Waals surface area contributed by atoms with Crippen LogP contribution in [0.15, 0.2) is 23.1 Å². The van der Waals surface area contributed by atoms with Crippen molar-refractivity contribution in [3.05, 3.63) is 18.2 Å². The number of nitrogens with zero attached hydrogens (tertiary/aromatic N) is 1. The normalized spacial score (nSPS) is 20.5. The second kappa shape index (κ2) is 5.33. The van der Waals surface area contributed by atoms with Gasteiger partial charge < -0.3 is 20.5 Å². The third kappa shape index (κ3) is 2.98. The molecule has 0 aliphatic carbocycles. The Labute approximate surface area is 111 Å². The van der Waals surface area contributed by atoms with Gasteiger partial charge in [0.25, 0.3) is 0 Å². The Bertz CT molecular complexity index is 561. The molecule has 0 aromatic heterocycles.